The first-order chi connectivity index (χ1) is 12.2. The highest BCUT2D eigenvalue weighted by Crippen LogP contribution is 2.49. The van der Waals surface area contributed by atoms with Crippen LogP contribution in [0.5, 0.6) is 0 Å². The van der Waals surface area contributed by atoms with E-state index in [0.29, 0.717) is 6.04 Å². The lowest BCUT2D eigenvalue weighted by molar-refractivity contribution is 0.206. The third-order valence-corrected chi connectivity index (χ3v) is 6.28. The summed E-state index contributed by atoms with van der Waals surface area (Å²) in [5.41, 5.74) is 1.69. The van der Waals surface area contributed by atoms with Gasteiger partial charge >= 0.3 is 0 Å². The number of benzene rings is 1. The second-order valence-corrected chi connectivity index (χ2v) is 8.30. The predicted octanol–water partition coefficient (Wildman–Crippen LogP) is 4.14. The summed E-state index contributed by atoms with van der Waals surface area (Å²) in [6.45, 7) is 6.83. The molecule has 2 N–H and O–H groups in total. The first-order valence-corrected chi connectivity index (χ1v) is 10.4. The minimum atomic E-state index is 0. The van der Waals surface area contributed by atoms with Crippen molar-refractivity contribution in [3.63, 3.8) is 0 Å². The van der Waals surface area contributed by atoms with Crippen molar-refractivity contribution in [3.05, 3.63) is 34.3 Å². The Morgan fingerprint density at radius 2 is 1.96 bits per heavy atom. The summed E-state index contributed by atoms with van der Waals surface area (Å²) in [5.74, 6) is 0.951. The average Bonchev–Trinajstić information content (AvgIpc) is 3.41. The first-order valence-electron chi connectivity index (χ1n) is 9.61. The van der Waals surface area contributed by atoms with E-state index in [1.807, 2.05) is 7.05 Å². The van der Waals surface area contributed by atoms with Gasteiger partial charge in [0.15, 0.2) is 5.96 Å². The van der Waals surface area contributed by atoms with Gasteiger partial charge in [-0.1, -0.05) is 41.1 Å². The Labute approximate surface area is 183 Å². The molecule has 0 spiro atoms. The monoisotopic (exact) mass is 534 g/mol. The molecule has 0 amide bonds. The zero-order valence-corrected chi connectivity index (χ0v) is 19.8. The van der Waals surface area contributed by atoms with Gasteiger partial charge in [0.05, 0.1) is 0 Å². The summed E-state index contributed by atoms with van der Waals surface area (Å²) < 4.78 is 1.22. The molecule has 1 aliphatic carbocycles. The van der Waals surface area contributed by atoms with Crippen LogP contribution >= 0.6 is 39.9 Å². The molecule has 146 valence electrons. The predicted molar refractivity (Wildman–Crippen MR) is 125 cm³/mol. The maximum absolute atomic E-state index is 4.45. The van der Waals surface area contributed by atoms with Gasteiger partial charge < -0.3 is 15.5 Å². The van der Waals surface area contributed by atoms with Gasteiger partial charge in [0.1, 0.15) is 0 Å². The normalized spacial score (nSPS) is 20.3. The van der Waals surface area contributed by atoms with Gasteiger partial charge in [0, 0.05) is 42.6 Å². The Kier molecular flexibility index (Phi) is 8.67. The number of aliphatic imine (C=N–C) groups is 1. The van der Waals surface area contributed by atoms with Crippen molar-refractivity contribution >= 4 is 45.9 Å². The Hall–Kier alpha value is -0.340. The second kappa shape index (κ2) is 10.3. The van der Waals surface area contributed by atoms with Crippen LogP contribution in [0, 0.1) is 0 Å². The number of nitrogens with zero attached hydrogens (tertiary/aromatic N) is 2. The molecule has 4 nitrogen and oxygen atoms in total. The molecule has 2 aliphatic rings. The van der Waals surface area contributed by atoms with E-state index < -0.39 is 0 Å². The summed E-state index contributed by atoms with van der Waals surface area (Å²) >= 11 is 3.72. The molecule has 0 aromatic heterocycles. The molecule has 1 aromatic rings. The summed E-state index contributed by atoms with van der Waals surface area (Å²) in [5, 5.41) is 7.22. The van der Waals surface area contributed by atoms with Crippen LogP contribution in [0.2, 0.25) is 0 Å². The molecule has 1 heterocycles. The van der Waals surface area contributed by atoms with Gasteiger partial charge in [0.2, 0.25) is 0 Å². The number of hydrogen-bond acceptors (Lipinski definition) is 2. The fourth-order valence-corrected chi connectivity index (χ4v) is 4.55. The van der Waals surface area contributed by atoms with Crippen LogP contribution in [0.15, 0.2) is 33.7 Å². The Morgan fingerprint density at radius 3 is 2.54 bits per heavy atom. The Bertz CT molecular complexity index is 595. The van der Waals surface area contributed by atoms with Crippen molar-refractivity contribution in [3.8, 4) is 0 Å². The molecule has 1 saturated heterocycles. The van der Waals surface area contributed by atoms with Crippen LogP contribution in [0.3, 0.4) is 0 Å². The van der Waals surface area contributed by atoms with E-state index >= 15 is 0 Å². The molecular weight excluding hydrogens is 503 g/mol. The largest absolute Gasteiger partial charge is 0.356 e. The van der Waals surface area contributed by atoms with Gasteiger partial charge in [0.25, 0.3) is 0 Å². The lowest BCUT2D eigenvalue weighted by Crippen LogP contribution is -2.49. The van der Waals surface area contributed by atoms with Crippen LogP contribution in [0.4, 0.5) is 0 Å². The maximum Gasteiger partial charge on any atom is 0.191 e. The average molecular weight is 535 g/mol. The van der Waals surface area contributed by atoms with Gasteiger partial charge in [-0.2, -0.15) is 0 Å². The molecule has 0 bridgehead atoms. The van der Waals surface area contributed by atoms with E-state index in [1.165, 1.54) is 61.8 Å². The third kappa shape index (κ3) is 5.58. The Balaban J connectivity index is 0.00000243. The van der Waals surface area contributed by atoms with Gasteiger partial charge in [-0.3, -0.25) is 4.99 Å². The summed E-state index contributed by atoms with van der Waals surface area (Å²) in [4.78, 5) is 7.02. The molecule has 0 atom stereocenters. The molecule has 2 fully saturated rings. The molecule has 6 heteroatoms. The zero-order chi connectivity index (χ0) is 17.7. The molecule has 3 rings (SSSR count). The maximum atomic E-state index is 4.45. The lowest BCUT2D eigenvalue weighted by Gasteiger charge is -2.33. The zero-order valence-electron chi connectivity index (χ0n) is 15.9. The van der Waals surface area contributed by atoms with Crippen molar-refractivity contribution in [1.29, 1.82) is 0 Å². The van der Waals surface area contributed by atoms with E-state index in [0.717, 1.165) is 12.5 Å². The summed E-state index contributed by atoms with van der Waals surface area (Å²) in [7, 11) is 1.87. The van der Waals surface area contributed by atoms with Crippen LogP contribution in [0.25, 0.3) is 0 Å². The van der Waals surface area contributed by atoms with Crippen molar-refractivity contribution < 1.29 is 0 Å². The smallest absolute Gasteiger partial charge is 0.191 e. The minimum absolute atomic E-state index is 0. The number of halogens is 2. The highest BCUT2D eigenvalue weighted by Gasteiger charge is 2.45. The Morgan fingerprint density at radius 1 is 1.27 bits per heavy atom. The fourth-order valence-electron chi connectivity index (χ4n) is 3.84. The van der Waals surface area contributed by atoms with E-state index in [9.17, 15) is 0 Å². The van der Waals surface area contributed by atoms with E-state index in [2.05, 4.69) is 67.6 Å². The van der Waals surface area contributed by atoms with Gasteiger partial charge in [-0.15, -0.1) is 24.0 Å². The molecule has 0 radical (unpaired) electrons. The van der Waals surface area contributed by atoms with E-state index in [1.54, 1.807) is 0 Å². The number of rotatable bonds is 6. The molecule has 1 saturated carbocycles. The standard InChI is InChI=1S/C20H31BrN4.HI/c1-3-12-25-13-8-16(9-14-25)24-19(22-2)23-15-20(10-11-20)17-6-4-5-7-18(17)21;/h4-7,16H,3,8-15H2,1-2H3,(H2,22,23,24);1H. The number of likely N-dealkylation sites (tertiary alicyclic amines) is 1. The fraction of sp³-hybridized carbons (Fsp3) is 0.650. The number of nitrogens with one attached hydrogen (secondary N) is 2. The minimum Gasteiger partial charge on any atom is -0.356 e. The van der Waals surface area contributed by atoms with Crippen LogP contribution in [0.1, 0.15) is 44.6 Å². The molecule has 26 heavy (non-hydrogen) atoms. The van der Waals surface area contributed by atoms with Crippen molar-refractivity contribution in [2.45, 2.75) is 50.5 Å². The summed E-state index contributed by atoms with van der Waals surface area (Å²) in [6.07, 6.45) is 6.15. The van der Waals surface area contributed by atoms with Crippen LogP contribution in [-0.2, 0) is 5.41 Å². The van der Waals surface area contributed by atoms with Crippen molar-refractivity contribution in [1.82, 2.24) is 15.5 Å². The number of guanidine groups is 1. The highest BCUT2D eigenvalue weighted by molar-refractivity contribution is 14.0. The number of piperidine rings is 1. The van der Waals surface area contributed by atoms with Gasteiger partial charge in [-0.05, 0) is 50.3 Å². The molecule has 1 aliphatic heterocycles. The van der Waals surface area contributed by atoms with Crippen molar-refractivity contribution in [2.75, 3.05) is 33.2 Å². The molecule has 0 unspecified atom stereocenters. The van der Waals surface area contributed by atoms with Crippen LogP contribution < -0.4 is 10.6 Å². The SMILES string of the molecule is CCCN1CCC(NC(=NC)NCC2(c3ccccc3Br)CC2)CC1.I. The first kappa shape index (κ1) is 22.0. The third-order valence-electron chi connectivity index (χ3n) is 5.58. The van der Waals surface area contributed by atoms with Gasteiger partial charge in [-0.25, -0.2) is 0 Å². The van der Waals surface area contributed by atoms with E-state index in [-0.39, 0.29) is 29.4 Å². The summed E-state index contributed by atoms with van der Waals surface area (Å²) in [6, 6.07) is 9.16. The second-order valence-electron chi connectivity index (χ2n) is 7.45. The molecule has 1 aromatic carbocycles. The van der Waals surface area contributed by atoms with Crippen molar-refractivity contribution in [2.24, 2.45) is 4.99 Å². The lowest BCUT2D eigenvalue weighted by atomic mass is 9.96. The number of hydrogen-bond donors (Lipinski definition) is 2. The topological polar surface area (TPSA) is 39.7 Å². The quantitative estimate of drug-likeness (QED) is 0.327. The van der Waals surface area contributed by atoms with E-state index in [4.69, 9.17) is 0 Å². The highest BCUT2D eigenvalue weighted by atomic mass is 127. The van der Waals surface area contributed by atoms with Crippen LogP contribution in [-0.4, -0.2) is 50.1 Å². The molecular formula is C20H32BrIN4.